The van der Waals surface area contributed by atoms with Gasteiger partial charge in [0.2, 0.25) is 0 Å². The molecule has 0 heterocycles. The number of hydrogen-bond acceptors (Lipinski definition) is 1. The van der Waals surface area contributed by atoms with Crippen LogP contribution in [0.4, 0.5) is 0 Å². The molecule has 0 saturated heterocycles. The smallest absolute Gasteiger partial charge is 1.00 e. The number of unbranched alkanes of at least 4 members (excludes halogenated alkanes) is 1. The number of rotatable bonds is 5. The number of allylic oxidation sites excluding steroid dienone is 4. The van der Waals surface area contributed by atoms with E-state index in [0.717, 1.165) is 35.2 Å². The molecule has 145 valence electrons. The number of hydrogen-bond donors (Lipinski definition) is 0. The van der Waals surface area contributed by atoms with Gasteiger partial charge in [-0.05, 0) is 18.8 Å². The third kappa shape index (κ3) is 17.8. The summed E-state index contributed by atoms with van der Waals surface area (Å²) in [7, 11) is 0.750. The fourth-order valence-electron chi connectivity index (χ4n) is 2.13. The van der Waals surface area contributed by atoms with Crippen LogP contribution in [0.5, 0.6) is 0 Å². The molecule has 0 spiro atoms. The molecule has 0 aromatic rings. The van der Waals surface area contributed by atoms with Crippen LogP contribution < -0.4 is 24.8 Å². The average Bonchev–Trinajstić information content (AvgIpc) is 2.67. The van der Waals surface area contributed by atoms with Gasteiger partial charge in [0.1, 0.15) is 0 Å². The fourth-order valence-corrected chi connectivity index (χ4v) is 2.13. The number of carbonyl (C=O) groups is 1. The van der Waals surface area contributed by atoms with Crippen LogP contribution in [-0.2, 0) is 31.0 Å². The zero-order valence-corrected chi connectivity index (χ0v) is 22.3. The van der Waals surface area contributed by atoms with Crippen molar-refractivity contribution in [3.63, 3.8) is 0 Å². The second-order valence-corrected chi connectivity index (χ2v) is 7.14. The number of nitrogens with one attached hydrogen (secondary N) is 1. The van der Waals surface area contributed by atoms with Gasteiger partial charge in [-0.2, -0.15) is 11.1 Å². The Morgan fingerprint density at radius 3 is 1.80 bits per heavy atom. The van der Waals surface area contributed by atoms with Crippen molar-refractivity contribution in [2.45, 2.75) is 80.3 Å². The maximum atomic E-state index is 10.5. The molecule has 2 unspecified atom stereocenters. The minimum absolute atomic E-state index is 0. The summed E-state index contributed by atoms with van der Waals surface area (Å²) < 4.78 is 0. The first-order valence-corrected chi connectivity index (χ1v) is 10.8. The van der Waals surface area contributed by atoms with E-state index >= 15 is 0 Å². The maximum absolute atomic E-state index is 10.5. The van der Waals surface area contributed by atoms with Gasteiger partial charge in [0.05, 0.1) is 5.91 Å². The summed E-state index contributed by atoms with van der Waals surface area (Å²) in [6, 6.07) is 0. The third-order valence-electron chi connectivity index (χ3n) is 4.01. The van der Waals surface area contributed by atoms with Crippen molar-refractivity contribution in [2.24, 2.45) is 11.8 Å². The first-order chi connectivity index (χ1) is 10.3. The second kappa shape index (κ2) is 22.7. The Morgan fingerprint density at radius 2 is 1.64 bits per heavy atom. The molecular formula is C19H36Cl2NOSiZr. The van der Waals surface area contributed by atoms with E-state index in [0.29, 0.717) is 5.92 Å². The Balaban J connectivity index is -0.0000000836. The maximum Gasteiger partial charge on any atom is 4.00 e. The molecule has 6 heteroatoms. The number of amides is 1. The Morgan fingerprint density at radius 1 is 1.20 bits per heavy atom. The molecule has 0 fully saturated rings. The van der Waals surface area contributed by atoms with Gasteiger partial charge in [-0.25, -0.2) is 5.57 Å². The summed E-state index contributed by atoms with van der Waals surface area (Å²) in [6.07, 6.45) is 7.27. The van der Waals surface area contributed by atoms with Crippen molar-refractivity contribution in [1.82, 2.24) is 0 Å². The van der Waals surface area contributed by atoms with Crippen molar-refractivity contribution in [1.29, 1.82) is 0 Å². The van der Waals surface area contributed by atoms with Crippen molar-refractivity contribution in [3.05, 3.63) is 28.5 Å². The summed E-state index contributed by atoms with van der Waals surface area (Å²) in [4.78, 5) is 10.5. The Labute approximate surface area is 191 Å². The molecule has 1 radical (unpaired) electrons. The zero-order chi connectivity index (χ0) is 17.7. The molecular weight excluding hydrogens is 448 g/mol. The van der Waals surface area contributed by atoms with E-state index < -0.39 is 5.91 Å². The van der Waals surface area contributed by atoms with Crippen molar-refractivity contribution >= 4 is 15.4 Å². The van der Waals surface area contributed by atoms with Gasteiger partial charge in [-0.15, -0.1) is 6.92 Å². The van der Waals surface area contributed by atoms with Crippen molar-refractivity contribution < 1.29 is 55.8 Å². The Kier molecular flexibility index (Phi) is 33.1. The molecule has 2 nitrogen and oxygen atoms in total. The molecule has 0 aromatic carbocycles. The summed E-state index contributed by atoms with van der Waals surface area (Å²) in [5.74, 6) is 0.167. The van der Waals surface area contributed by atoms with E-state index in [-0.39, 0.29) is 56.9 Å². The molecule has 0 saturated carbocycles. The average molecular weight is 485 g/mol. The van der Waals surface area contributed by atoms with Gasteiger partial charge in [0.25, 0.3) is 0 Å². The molecule has 25 heavy (non-hydrogen) atoms. The van der Waals surface area contributed by atoms with E-state index in [2.05, 4.69) is 53.8 Å². The van der Waals surface area contributed by atoms with Gasteiger partial charge >= 0.3 is 26.2 Å². The van der Waals surface area contributed by atoms with Gasteiger partial charge in [-0.3, -0.25) is 6.08 Å². The monoisotopic (exact) mass is 482 g/mol. The first-order valence-electron chi connectivity index (χ1n) is 8.53. The molecule has 0 aliphatic heterocycles. The van der Waals surface area contributed by atoms with E-state index in [4.69, 9.17) is 5.73 Å². The Hall–Kier alpha value is 0.630. The van der Waals surface area contributed by atoms with Crippen molar-refractivity contribution in [2.75, 3.05) is 0 Å². The second-order valence-electron chi connectivity index (χ2n) is 5.99. The molecule has 1 rings (SSSR count). The molecule has 1 N–H and O–H groups in total. The SMILES string of the molecule is CC1=[C-]C(C)C(C)=C1C.CCCCC(CC)C([NH-])=O.C[SiH]C.[Cl-].[Cl-].[Zr+4]. The van der Waals surface area contributed by atoms with Crippen molar-refractivity contribution in [3.8, 4) is 0 Å². The predicted molar refractivity (Wildman–Crippen MR) is 101 cm³/mol. The normalized spacial score (nSPS) is 15.7. The molecule has 1 aliphatic carbocycles. The van der Waals surface area contributed by atoms with Crippen LogP contribution >= 0.6 is 0 Å². The molecule has 2 atom stereocenters. The van der Waals surface area contributed by atoms with Gasteiger partial charge in [-0.1, -0.05) is 66.5 Å². The van der Waals surface area contributed by atoms with Crippen LogP contribution in [0, 0.1) is 17.9 Å². The minimum Gasteiger partial charge on any atom is -1.00 e. The largest absolute Gasteiger partial charge is 4.00 e. The fraction of sp³-hybridized carbons (Fsp3) is 0.737. The summed E-state index contributed by atoms with van der Waals surface area (Å²) in [6.45, 7) is 17.1. The molecule has 0 aromatic heterocycles. The van der Waals surface area contributed by atoms with Crippen LogP contribution in [0.25, 0.3) is 5.73 Å². The van der Waals surface area contributed by atoms with Gasteiger partial charge in [0.15, 0.2) is 0 Å². The van der Waals surface area contributed by atoms with Crippen LogP contribution in [0.15, 0.2) is 16.7 Å². The van der Waals surface area contributed by atoms with Gasteiger partial charge < -0.3 is 35.3 Å². The van der Waals surface area contributed by atoms with Gasteiger partial charge in [0, 0.05) is 9.52 Å². The van der Waals surface area contributed by atoms with E-state index in [9.17, 15) is 4.79 Å². The van der Waals surface area contributed by atoms with Crippen LogP contribution in [0.1, 0.15) is 67.2 Å². The van der Waals surface area contributed by atoms with Crippen LogP contribution in [-0.4, -0.2) is 15.4 Å². The molecule has 1 amide bonds. The summed E-state index contributed by atoms with van der Waals surface area (Å²) in [5.41, 5.74) is 11.1. The zero-order valence-electron chi connectivity index (χ0n) is 17.2. The predicted octanol–water partition coefficient (Wildman–Crippen LogP) is 0.0282. The minimum atomic E-state index is -0.393. The van der Waals surface area contributed by atoms with Crippen LogP contribution in [0.3, 0.4) is 0 Å². The first kappa shape index (κ1) is 36.5. The molecule has 0 bridgehead atoms. The summed E-state index contributed by atoms with van der Waals surface area (Å²) in [5, 5.41) is 0. The van der Waals surface area contributed by atoms with E-state index in [1.165, 1.54) is 16.7 Å². The quantitative estimate of drug-likeness (QED) is 0.401. The standard InChI is InChI=1S/C9H13.C8H17NO.C2H7Si.2ClH.Zr/c1-6-5-7(2)9(4)8(6)3;1-3-5-6-7(4-2)8(9)10;1-3-2;;;/h6H,1-4H3;7H,3-6H2,1-2H3,(H2,9,10);3H,1-2H3;2*1H;/q-1;;;;;+4/p-3. The third-order valence-corrected chi connectivity index (χ3v) is 4.01. The Bertz CT molecular complexity index is 388. The number of carbonyl (C=O) groups excluding carboxylic acids is 1. The summed E-state index contributed by atoms with van der Waals surface area (Å²) >= 11 is 0. The van der Waals surface area contributed by atoms with E-state index in [1.54, 1.807) is 0 Å². The van der Waals surface area contributed by atoms with Crippen LogP contribution in [0.2, 0.25) is 13.1 Å². The van der Waals surface area contributed by atoms with E-state index in [1.807, 2.05) is 6.92 Å². The molecule has 1 aliphatic rings. The topological polar surface area (TPSA) is 40.9 Å². The number of halogens is 2.